The molecule has 1 aromatic rings. The number of alkyl halides is 3. The molecule has 0 amide bonds. The molecule has 0 spiro atoms. The van der Waals surface area contributed by atoms with Crippen LogP contribution < -0.4 is 0 Å². The molecular weight excluding hydrogens is 263 g/mol. The van der Waals surface area contributed by atoms with Gasteiger partial charge in [-0.15, -0.1) is 0 Å². The number of rotatable bonds is 3. The number of nitrogens with zero attached hydrogens (tertiary/aromatic N) is 1. The Labute approximate surface area is 106 Å². The second kappa shape index (κ2) is 4.91. The fourth-order valence-corrected chi connectivity index (χ4v) is 1.68. The summed E-state index contributed by atoms with van der Waals surface area (Å²) in [5, 5.41) is 8.61. The lowest BCUT2D eigenvalue weighted by molar-refractivity contribution is -0.138. The van der Waals surface area contributed by atoms with Crippen molar-refractivity contribution in [2.45, 2.75) is 18.6 Å². The molecule has 1 aliphatic heterocycles. The maximum atomic E-state index is 12.4. The van der Waals surface area contributed by atoms with Crippen molar-refractivity contribution >= 4 is 11.9 Å². The zero-order valence-corrected chi connectivity index (χ0v) is 9.65. The Balaban J connectivity index is 2.13. The van der Waals surface area contributed by atoms with Gasteiger partial charge in [0.1, 0.15) is 6.61 Å². The lowest BCUT2D eigenvalue weighted by Gasteiger charge is -2.07. The number of carboxylic acid groups (broad SMARTS) is 1. The van der Waals surface area contributed by atoms with Crippen molar-refractivity contribution in [1.29, 1.82) is 0 Å². The molecule has 7 heteroatoms. The number of aliphatic imine (C=N–C) groups is 1. The summed E-state index contributed by atoms with van der Waals surface area (Å²) in [5.74, 6) is -0.814. The lowest BCUT2D eigenvalue weighted by Crippen LogP contribution is -2.12. The van der Waals surface area contributed by atoms with E-state index >= 15 is 0 Å². The van der Waals surface area contributed by atoms with Crippen LogP contribution in [0.3, 0.4) is 0 Å². The van der Waals surface area contributed by atoms with Crippen molar-refractivity contribution in [3.63, 3.8) is 0 Å². The van der Waals surface area contributed by atoms with Crippen molar-refractivity contribution in [1.82, 2.24) is 0 Å². The number of aliphatic carboxylic acids is 1. The van der Waals surface area contributed by atoms with E-state index in [9.17, 15) is 18.0 Å². The average Bonchev–Trinajstić information content (AvgIpc) is 2.75. The first kappa shape index (κ1) is 13.4. The van der Waals surface area contributed by atoms with E-state index < -0.39 is 23.8 Å². The Morgan fingerprint density at radius 1 is 1.37 bits per heavy atom. The Bertz CT molecular complexity index is 508. The van der Waals surface area contributed by atoms with E-state index in [1.165, 1.54) is 12.1 Å². The number of hydrogen-bond acceptors (Lipinski definition) is 3. The van der Waals surface area contributed by atoms with Gasteiger partial charge in [0.2, 0.25) is 5.90 Å². The summed E-state index contributed by atoms with van der Waals surface area (Å²) in [6, 6.07) is 3.89. The van der Waals surface area contributed by atoms with Crippen LogP contribution in [-0.4, -0.2) is 29.6 Å². The summed E-state index contributed by atoms with van der Waals surface area (Å²) < 4.78 is 42.3. The van der Waals surface area contributed by atoms with Crippen molar-refractivity contribution in [2.24, 2.45) is 4.99 Å². The van der Waals surface area contributed by atoms with Gasteiger partial charge in [0.05, 0.1) is 18.0 Å². The summed E-state index contributed by atoms with van der Waals surface area (Å²) in [4.78, 5) is 14.5. The van der Waals surface area contributed by atoms with Gasteiger partial charge in [0.25, 0.3) is 0 Å². The van der Waals surface area contributed by atoms with Gasteiger partial charge in [-0.05, 0) is 24.3 Å². The molecule has 0 radical (unpaired) electrons. The van der Waals surface area contributed by atoms with E-state index in [4.69, 9.17) is 9.84 Å². The highest BCUT2D eigenvalue weighted by Gasteiger charge is 2.30. The minimum atomic E-state index is -4.39. The molecule has 1 atom stereocenters. The molecule has 1 unspecified atom stereocenters. The third kappa shape index (κ3) is 3.24. The Morgan fingerprint density at radius 3 is 2.53 bits per heavy atom. The van der Waals surface area contributed by atoms with Crippen LogP contribution >= 0.6 is 0 Å². The molecule has 0 bridgehead atoms. The fraction of sp³-hybridized carbons (Fsp3) is 0.333. The normalized spacial score (nSPS) is 18.9. The third-order valence-electron chi connectivity index (χ3n) is 2.58. The second-order valence-corrected chi connectivity index (χ2v) is 4.07. The zero-order valence-electron chi connectivity index (χ0n) is 9.65. The number of carbonyl (C=O) groups is 1. The molecule has 0 aromatic heterocycles. The van der Waals surface area contributed by atoms with Gasteiger partial charge in [0, 0.05) is 5.56 Å². The molecule has 0 saturated carbocycles. The number of hydrogen-bond donors (Lipinski definition) is 1. The van der Waals surface area contributed by atoms with E-state index in [0.717, 1.165) is 12.1 Å². The van der Waals surface area contributed by atoms with Crippen LogP contribution in [0.1, 0.15) is 17.5 Å². The van der Waals surface area contributed by atoms with Gasteiger partial charge in [-0.3, -0.25) is 4.79 Å². The van der Waals surface area contributed by atoms with Gasteiger partial charge >= 0.3 is 12.1 Å². The molecule has 1 aromatic carbocycles. The standard InChI is InChI=1S/C12H10F3NO3/c13-12(14,15)8-3-1-7(2-4-8)11-16-9(6-19-11)5-10(17)18/h1-4,9H,5-6H2,(H,17,18). The van der Waals surface area contributed by atoms with E-state index in [2.05, 4.69) is 4.99 Å². The number of ether oxygens (including phenoxy) is 1. The summed E-state index contributed by atoms with van der Waals surface area (Å²) in [5.41, 5.74) is -0.349. The van der Waals surface area contributed by atoms with Crippen molar-refractivity contribution in [3.8, 4) is 0 Å². The molecule has 1 aliphatic rings. The van der Waals surface area contributed by atoms with Crippen LogP contribution in [0.2, 0.25) is 0 Å². The number of halogens is 3. The molecule has 2 rings (SSSR count). The first-order valence-corrected chi connectivity index (χ1v) is 5.46. The summed E-state index contributed by atoms with van der Waals surface area (Å²) in [7, 11) is 0. The maximum Gasteiger partial charge on any atom is 0.416 e. The first-order chi connectivity index (χ1) is 8.86. The molecule has 1 heterocycles. The number of carboxylic acids is 1. The highest BCUT2D eigenvalue weighted by atomic mass is 19.4. The molecule has 19 heavy (non-hydrogen) atoms. The van der Waals surface area contributed by atoms with Crippen molar-refractivity contribution in [3.05, 3.63) is 35.4 Å². The zero-order chi connectivity index (χ0) is 14.0. The fourth-order valence-electron chi connectivity index (χ4n) is 1.68. The van der Waals surface area contributed by atoms with E-state index in [-0.39, 0.29) is 18.9 Å². The predicted molar refractivity (Wildman–Crippen MR) is 60.0 cm³/mol. The van der Waals surface area contributed by atoms with Gasteiger partial charge in [-0.2, -0.15) is 13.2 Å². The third-order valence-corrected chi connectivity index (χ3v) is 2.58. The molecule has 4 nitrogen and oxygen atoms in total. The lowest BCUT2D eigenvalue weighted by atomic mass is 10.1. The maximum absolute atomic E-state index is 12.4. The largest absolute Gasteiger partial charge is 0.481 e. The highest BCUT2D eigenvalue weighted by molar-refractivity contribution is 5.95. The van der Waals surface area contributed by atoms with Gasteiger partial charge in [0.15, 0.2) is 0 Å². The Kier molecular flexibility index (Phi) is 3.46. The van der Waals surface area contributed by atoms with Gasteiger partial charge in [-0.25, -0.2) is 4.99 Å². The van der Waals surface area contributed by atoms with Crippen LogP contribution in [0.25, 0.3) is 0 Å². The molecule has 0 aliphatic carbocycles. The second-order valence-electron chi connectivity index (χ2n) is 4.07. The molecular formula is C12H10F3NO3. The molecule has 1 N–H and O–H groups in total. The quantitative estimate of drug-likeness (QED) is 0.919. The number of benzene rings is 1. The average molecular weight is 273 g/mol. The van der Waals surface area contributed by atoms with Crippen LogP contribution in [0, 0.1) is 0 Å². The summed E-state index contributed by atoms with van der Waals surface area (Å²) in [6.45, 7) is 0.128. The van der Waals surface area contributed by atoms with Crippen LogP contribution in [0.5, 0.6) is 0 Å². The predicted octanol–water partition coefficient (Wildman–Crippen LogP) is 2.33. The van der Waals surface area contributed by atoms with Gasteiger partial charge in [-0.1, -0.05) is 0 Å². The summed E-state index contributed by atoms with van der Waals surface area (Å²) in [6.07, 6.45) is -4.55. The molecule has 0 saturated heterocycles. The van der Waals surface area contributed by atoms with E-state index in [0.29, 0.717) is 5.56 Å². The van der Waals surface area contributed by atoms with Crippen LogP contribution in [0.4, 0.5) is 13.2 Å². The highest BCUT2D eigenvalue weighted by Crippen LogP contribution is 2.29. The van der Waals surface area contributed by atoms with Crippen molar-refractivity contribution < 1.29 is 27.8 Å². The first-order valence-electron chi connectivity index (χ1n) is 5.46. The topological polar surface area (TPSA) is 58.9 Å². The molecule has 102 valence electrons. The minimum Gasteiger partial charge on any atom is -0.481 e. The SMILES string of the molecule is O=C(O)CC1COC(c2ccc(C(F)(F)F)cc2)=N1. The minimum absolute atomic E-state index is 0.128. The smallest absolute Gasteiger partial charge is 0.416 e. The van der Waals surface area contributed by atoms with E-state index in [1.54, 1.807) is 0 Å². The van der Waals surface area contributed by atoms with Gasteiger partial charge < -0.3 is 9.84 Å². The molecule has 0 fully saturated rings. The Morgan fingerprint density at radius 2 is 2.00 bits per heavy atom. The van der Waals surface area contributed by atoms with Crippen molar-refractivity contribution in [2.75, 3.05) is 6.61 Å². The summed E-state index contributed by atoms with van der Waals surface area (Å²) >= 11 is 0. The Hall–Kier alpha value is -2.05. The van der Waals surface area contributed by atoms with Crippen LogP contribution in [0.15, 0.2) is 29.3 Å². The monoisotopic (exact) mass is 273 g/mol. The van der Waals surface area contributed by atoms with E-state index in [1.807, 2.05) is 0 Å². The van der Waals surface area contributed by atoms with Crippen LogP contribution in [-0.2, 0) is 15.7 Å².